The summed E-state index contributed by atoms with van der Waals surface area (Å²) in [5, 5.41) is 2.69. The highest BCUT2D eigenvalue weighted by molar-refractivity contribution is 14.1. The number of nitrogens with one attached hydrogen (secondary N) is 1. The molecule has 188 valence electrons. The number of nitrogens with zero attached hydrogens (tertiary/aromatic N) is 1. The molecule has 11 heteroatoms. The molecule has 0 spiro atoms. The Morgan fingerprint density at radius 3 is 2.41 bits per heavy atom. The summed E-state index contributed by atoms with van der Waals surface area (Å²) < 4.78 is 12.0. The van der Waals surface area contributed by atoms with E-state index >= 15 is 0 Å². The van der Waals surface area contributed by atoms with Gasteiger partial charge in [0, 0.05) is 8.59 Å². The molecule has 1 heterocycles. The highest BCUT2D eigenvalue weighted by Gasteiger charge is 2.36. The summed E-state index contributed by atoms with van der Waals surface area (Å²) in [5.41, 5.74) is 0.588. The van der Waals surface area contributed by atoms with Crippen LogP contribution in [0.2, 0.25) is 10.0 Å². The molecule has 0 aromatic heterocycles. The molecule has 3 aromatic carbocycles. The molecule has 0 radical (unpaired) electrons. The second-order valence-electron chi connectivity index (χ2n) is 7.59. The molecule has 1 aliphatic heterocycles. The molecule has 0 saturated carbocycles. The van der Waals surface area contributed by atoms with Gasteiger partial charge in [-0.2, -0.15) is 0 Å². The zero-order valence-electron chi connectivity index (χ0n) is 19.1. The molecule has 8 nitrogen and oxygen atoms in total. The molecule has 4 amide bonds. The molecule has 0 atom stereocenters. The van der Waals surface area contributed by atoms with Crippen molar-refractivity contribution in [2.24, 2.45) is 0 Å². The van der Waals surface area contributed by atoms with Crippen molar-refractivity contribution in [2.75, 3.05) is 11.5 Å². The Morgan fingerprint density at radius 2 is 1.73 bits per heavy atom. The Morgan fingerprint density at radius 1 is 1.00 bits per heavy atom. The number of anilines is 1. The topological polar surface area (TPSA) is 102 Å². The molecule has 0 aliphatic carbocycles. The van der Waals surface area contributed by atoms with Gasteiger partial charge in [-0.1, -0.05) is 29.3 Å². The minimum absolute atomic E-state index is 0.107. The van der Waals surface area contributed by atoms with Crippen LogP contribution in [0.1, 0.15) is 22.8 Å². The Labute approximate surface area is 235 Å². The summed E-state index contributed by atoms with van der Waals surface area (Å²) in [4.78, 5) is 51.6. The van der Waals surface area contributed by atoms with E-state index in [1.165, 1.54) is 42.5 Å². The van der Waals surface area contributed by atoms with Gasteiger partial charge >= 0.3 is 12.0 Å². The second kappa shape index (κ2) is 11.3. The van der Waals surface area contributed by atoms with Crippen LogP contribution in [0.5, 0.6) is 11.5 Å². The van der Waals surface area contributed by atoms with E-state index in [4.69, 9.17) is 32.7 Å². The first-order valence-electron chi connectivity index (χ1n) is 10.8. The predicted molar refractivity (Wildman–Crippen MR) is 147 cm³/mol. The number of urea groups is 1. The van der Waals surface area contributed by atoms with Gasteiger partial charge in [-0.05, 0) is 95.8 Å². The first-order valence-corrected chi connectivity index (χ1v) is 12.6. The van der Waals surface area contributed by atoms with Crippen molar-refractivity contribution < 1.29 is 28.7 Å². The van der Waals surface area contributed by atoms with Crippen molar-refractivity contribution in [1.29, 1.82) is 0 Å². The van der Waals surface area contributed by atoms with Crippen LogP contribution in [0.15, 0.2) is 66.2 Å². The maximum atomic E-state index is 13.1. The number of benzene rings is 3. The number of esters is 1. The monoisotopic (exact) mass is 650 g/mol. The summed E-state index contributed by atoms with van der Waals surface area (Å²) in [7, 11) is 0. The molecule has 1 N–H and O–H groups in total. The number of barbiturate groups is 1. The van der Waals surface area contributed by atoms with Crippen molar-refractivity contribution in [2.45, 2.75) is 6.92 Å². The first kappa shape index (κ1) is 26.6. The van der Waals surface area contributed by atoms with Gasteiger partial charge in [-0.15, -0.1) is 0 Å². The van der Waals surface area contributed by atoms with Crippen molar-refractivity contribution in [3.8, 4) is 11.5 Å². The maximum absolute atomic E-state index is 13.1. The third kappa shape index (κ3) is 5.95. The van der Waals surface area contributed by atoms with E-state index in [1.807, 2.05) is 0 Å². The summed E-state index contributed by atoms with van der Waals surface area (Å²) in [5.74, 6) is -2.02. The maximum Gasteiger partial charge on any atom is 0.345 e. The number of carbonyl (C=O) groups is 4. The fraction of sp³-hybridized carbons (Fsp3) is 0.0769. The van der Waals surface area contributed by atoms with Gasteiger partial charge in [-0.25, -0.2) is 14.5 Å². The quantitative estimate of drug-likeness (QED) is 0.118. The van der Waals surface area contributed by atoms with Crippen molar-refractivity contribution in [3.63, 3.8) is 0 Å². The molecule has 1 saturated heterocycles. The summed E-state index contributed by atoms with van der Waals surface area (Å²) in [6.07, 6.45) is 1.33. The van der Waals surface area contributed by atoms with Gasteiger partial charge in [0.25, 0.3) is 11.8 Å². The zero-order chi connectivity index (χ0) is 26.7. The largest absolute Gasteiger partial charge is 0.490 e. The average Bonchev–Trinajstić information content (AvgIpc) is 2.84. The van der Waals surface area contributed by atoms with Crippen LogP contribution >= 0.6 is 45.8 Å². The van der Waals surface area contributed by atoms with Crippen molar-refractivity contribution >= 4 is 81.4 Å². The van der Waals surface area contributed by atoms with Crippen LogP contribution in [-0.2, 0) is 9.59 Å². The lowest BCUT2D eigenvalue weighted by Gasteiger charge is -2.26. The van der Waals surface area contributed by atoms with E-state index in [0.717, 1.165) is 8.47 Å². The van der Waals surface area contributed by atoms with Gasteiger partial charge in [0.05, 0.1) is 22.9 Å². The lowest BCUT2D eigenvalue weighted by molar-refractivity contribution is -0.122. The fourth-order valence-corrected chi connectivity index (χ4v) is 4.27. The molecular formula is C26H17Cl2IN2O6. The van der Waals surface area contributed by atoms with Crippen LogP contribution in [0.25, 0.3) is 6.08 Å². The lowest BCUT2D eigenvalue weighted by Crippen LogP contribution is -2.54. The van der Waals surface area contributed by atoms with Crippen LogP contribution in [0, 0.1) is 3.57 Å². The second-order valence-corrected chi connectivity index (χ2v) is 9.68. The highest BCUT2D eigenvalue weighted by Crippen LogP contribution is 2.32. The molecular weight excluding hydrogens is 634 g/mol. The van der Waals surface area contributed by atoms with E-state index in [-0.39, 0.29) is 34.3 Å². The molecule has 1 fully saturated rings. The van der Waals surface area contributed by atoms with E-state index in [9.17, 15) is 19.2 Å². The summed E-state index contributed by atoms with van der Waals surface area (Å²) in [6, 6.07) is 14.7. The van der Waals surface area contributed by atoms with Gasteiger partial charge in [0.1, 0.15) is 5.57 Å². The number of hydrogen-bond donors (Lipinski definition) is 1. The van der Waals surface area contributed by atoms with E-state index < -0.39 is 23.8 Å². The predicted octanol–water partition coefficient (Wildman–Crippen LogP) is 5.88. The Bertz CT molecular complexity index is 1460. The number of hydrogen-bond acceptors (Lipinski definition) is 6. The number of amides is 4. The molecule has 0 unspecified atom stereocenters. The van der Waals surface area contributed by atoms with Crippen molar-refractivity contribution in [3.05, 3.63) is 91.0 Å². The average molecular weight is 651 g/mol. The highest BCUT2D eigenvalue weighted by atomic mass is 127. The Balaban J connectivity index is 1.64. The molecule has 4 rings (SSSR count). The van der Waals surface area contributed by atoms with E-state index in [2.05, 4.69) is 27.9 Å². The summed E-state index contributed by atoms with van der Waals surface area (Å²) >= 11 is 14.1. The molecule has 1 aliphatic rings. The zero-order valence-corrected chi connectivity index (χ0v) is 22.8. The molecule has 3 aromatic rings. The third-order valence-electron chi connectivity index (χ3n) is 5.12. The Kier molecular flexibility index (Phi) is 8.16. The van der Waals surface area contributed by atoms with E-state index in [1.54, 1.807) is 31.2 Å². The fourth-order valence-electron chi connectivity index (χ4n) is 3.43. The van der Waals surface area contributed by atoms with Crippen LogP contribution in [-0.4, -0.2) is 30.4 Å². The van der Waals surface area contributed by atoms with Gasteiger partial charge in [-0.3, -0.25) is 14.9 Å². The lowest BCUT2D eigenvalue weighted by atomic mass is 10.1. The smallest absolute Gasteiger partial charge is 0.345 e. The van der Waals surface area contributed by atoms with Gasteiger partial charge < -0.3 is 9.47 Å². The standard InChI is InChI=1S/C26H17Cl2IN2O6/c1-2-36-22-12-14(3-10-21(22)37-25(34)18-9-4-15(27)13-20(18)28)11-19-23(32)30-26(35)31(24(19)33)17-7-5-16(29)6-8-17/h3-13H,2H2,1H3,(H,30,32,35)/b19-11+. The van der Waals surface area contributed by atoms with Gasteiger partial charge in [0.15, 0.2) is 11.5 Å². The normalized spacial score (nSPS) is 14.5. The minimum Gasteiger partial charge on any atom is -0.490 e. The summed E-state index contributed by atoms with van der Waals surface area (Å²) in [6.45, 7) is 2.00. The van der Waals surface area contributed by atoms with Gasteiger partial charge in [0.2, 0.25) is 0 Å². The van der Waals surface area contributed by atoms with Crippen LogP contribution in [0.4, 0.5) is 10.5 Å². The number of halogens is 3. The Hall–Kier alpha value is -3.41. The van der Waals surface area contributed by atoms with Crippen LogP contribution in [0.3, 0.4) is 0 Å². The number of carbonyl (C=O) groups excluding carboxylic acids is 4. The first-order chi connectivity index (χ1) is 17.7. The number of ether oxygens (including phenoxy) is 2. The number of rotatable bonds is 6. The third-order valence-corrected chi connectivity index (χ3v) is 6.39. The SMILES string of the molecule is CCOc1cc(/C=C2\C(=O)NC(=O)N(c3ccc(I)cc3)C2=O)ccc1OC(=O)c1ccc(Cl)cc1Cl. The molecule has 37 heavy (non-hydrogen) atoms. The van der Waals surface area contributed by atoms with Crippen molar-refractivity contribution in [1.82, 2.24) is 5.32 Å². The molecule has 0 bridgehead atoms. The van der Waals surface area contributed by atoms with E-state index in [0.29, 0.717) is 16.3 Å². The minimum atomic E-state index is -0.841. The van der Waals surface area contributed by atoms with Crippen LogP contribution < -0.4 is 19.7 Å². The number of imide groups is 2.